The molecule has 2 aliphatic rings. The molecule has 1 aromatic rings. The second kappa shape index (κ2) is 5.47. The first-order chi connectivity index (χ1) is 10.1. The minimum absolute atomic E-state index is 0.0703. The number of anilines is 1. The standard InChI is InChI=1S/C19H27NO/c1-14-9-8-10-17-15(2)13-19(11-6-4-5-7-12-19)20(16(3)21)18(14)17/h8-10,15H,4-7,11-13H2,1-3H3. The Morgan fingerprint density at radius 3 is 2.48 bits per heavy atom. The van der Waals surface area contributed by atoms with Crippen LogP contribution in [0.1, 0.15) is 75.8 Å². The minimum atomic E-state index is 0.0703. The fourth-order valence-electron chi connectivity index (χ4n) is 4.70. The van der Waals surface area contributed by atoms with Crippen LogP contribution in [-0.4, -0.2) is 11.4 Å². The van der Waals surface area contributed by atoms with E-state index in [1.807, 2.05) is 0 Å². The normalized spacial score (nSPS) is 24.5. The lowest BCUT2D eigenvalue weighted by Gasteiger charge is -2.50. The van der Waals surface area contributed by atoms with Crippen molar-refractivity contribution in [3.05, 3.63) is 29.3 Å². The van der Waals surface area contributed by atoms with Gasteiger partial charge in [-0.1, -0.05) is 50.8 Å². The van der Waals surface area contributed by atoms with E-state index in [-0.39, 0.29) is 11.4 Å². The molecular weight excluding hydrogens is 258 g/mol. The number of carbonyl (C=O) groups is 1. The summed E-state index contributed by atoms with van der Waals surface area (Å²) in [6, 6.07) is 6.50. The number of amides is 1. The van der Waals surface area contributed by atoms with Gasteiger partial charge in [-0.15, -0.1) is 0 Å². The van der Waals surface area contributed by atoms with Gasteiger partial charge in [-0.2, -0.15) is 0 Å². The maximum absolute atomic E-state index is 12.5. The molecule has 0 radical (unpaired) electrons. The van der Waals surface area contributed by atoms with Gasteiger partial charge in [0.15, 0.2) is 0 Å². The van der Waals surface area contributed by atoms with Crippen molar-refractivity contribution in [2.24, 2.45) is 0 Å². The highest BCUT2D eigenvalue weighted by Gasteiger charge is 2.45. The van der Waals surface area contributed by atoms with Crippen molar-refractivity contribution in [1.29, 1.82) is 0 Å². The molecule has 1 fully saturated rings. The predicted molar refractivity (Wildman–Crippen MR) is 87.8 cm³/mol. The van der Waals surface area contributed by atoms with Crippen molar-refractivity contribution in [3.8, 4) is 0 Å². The molecule has 114 valence electrons. The Morgan fingerprint density at radius 2 is 1.86 bits per heavy atom. The average molecular weight is 285 g/mol. The highest BCUT2D eigenvalue weighted by atomic mass is 16.2. The van der Waals surface area contributed by atoms with Gasteiger partial charge in [0.2, 0.25) is 5.91 Å². The summed E-state index contributed by atoms with van der Waals surface area (Å²) in [5.41, 5.74) is 3.89. The lowest BCUT2D eigenvalue weighted by atomic mass is 9.73. The van der Waals surface area contributed by atoms with Gasteiger partial charge in [0.1, 0.15) is 0 Å². The first-order valence-corrected chi connectivity index (χ1v) is 8.45. The van der Waals surface area contributed by atoms with Gasteiger partial charge in [0.05, 0.1) is 5.69 Å². The molecule has 1 heterocycles. The number of fused-ring (bicyclic) bond motifs is 1. The van der Waals surface area contributed by atoms with E-state index in [2.05, 4.69) is 36.9 Å². The fourth-order valence-corrected chi connectivity index (χ4v) is 4.70. The molecule has 1 unspecified atom stereocenters. The zero-order chi connectivity index (χ0) is 15.0. The minimum Gasteiger partial charge on any atom is -0.306 e. The summed E-state index contributed by atoms with van der Waals surface area (Å²) in [6.45, 7) is 6.23. The molecule has 2 heteroatoms. The lowest BCUT2D eigenvalue weighted by Crippen LogP contribution is -2.55. The van der Waals surface area contributed by atoms with Crippen LogP contribution in [0.15, 0.2) is 18.2 Å². The van der Waals surface area contributed by atoms with Crippen LogP contribution in [0, 0.1) is 6.92 Å². The van der Waals surface area contributed by atoms with E-state index in [0.717, 1.165) is 6.42 Å². The van der Waals surface area contributed by atoms with Crippen LogP contribution in [0.2, 0.25) is 0 Å². The molecule has 1 amide bonds. The molecule has 21 heavy (non-hydrogen) atoms. The van der Waals surface area contributed by atoms with E-state index < -0.39 is 0 Å². The van der Waals surface area contributed by atoms with Crippen molar-refractivity contribution in [1.82, 2.24) is 0 Å². The van der Waals surface area contributed by atoms with Gasteiger partial charge in [0.25, 0.3) is 0 Å². The summed E-state index contributed by atoms with van der Waals surface area (Å²) < 4.78 is 0. The predicted octanol–water partition coefficient (Wildman–Crippen LogP) is 4.95. The van der Waals surface area contributed by atoms with Gasteiger partial charge in [0, 0.05) is 12.5 Å². The van der Waals surface area contributed by atoms with E-state index in [4.69, 9.17) is 0 Å². The molecule has 0 aromatic heterocycles. The molecule has 1 aliphatic heterocycles. The molecule has 1 saturated carbocycles. The van der Waals surface area contributed by atoms with Gasteiger partial charge in [-0.05, 0) is 43.2 Å². The van der Waals surface area contributed by atoms with Crippen molar-refractivity contribution < 1.29 is 4.79 Å². The second-order valence-corrected chi connectivity index (χ2v) is 7.11. The average Bonchev–Trinajstić information content (AvgIpc) is 2.66. The zero-order valence-corrected chi connectivity index (χ0v) is 13.6. The molecule has 1 aromatic carbocycles. The van der Waals surface area contributed by atoms with E-state index in [0.29, 0.717) is 5.92 Å². The molecule has 1 aliphatic carbocycles. The summed E-state index contributed by atoms with van der Waals surface area (Å²) in [7, 11) is 0. The van der Waals surface area contributed by atoms with Crippen LogP contribution in [0.4, 0.5) is 5.69 Å². The van der Waals surface area contributed by atoms with Crippen LogP contribution in [-0.2, 0) is 4.79 Å². The maximum Gasteiger partial charge on any atom is 0.224 e. The lowest BCUT2D eigenvalue weighted by molar-refractivity contribution is -0.118. The first kappa shape index (κ1) is 14.6. The number of rotatable bonds is 0. The summed E-state index contributed by atoms with van der Waals surface area (Å²) in [4.78, 5) is 14.7. The molecule has 0 bridgehead atoms. The second-order valence-electron chi connectivity index (χ2n) is 7.11. The van der Waals surface area contributed by atoms with Gasteiger partial charge in [-0.25, -0.2) is 0 Å². The molecule has 1 spiro atoms. The Bertz CT molecular complexity index is 540. The number of nitrogens with zero attached hydrogens (tertiary/aromatic N) is 1. The summed E-state index contributed by atoms with van der Waals surface area (Å²) in [6.07, 6.45) is 8.64. The van der Waals surface area contributed by atoms with Crippen molar-refractivity contribution >= 4 is 11.6 Å². The Kier molecular flexibility index (Phi) is 3.81. The molecule has 0 saturated heterocycles. The zero-order valence-electron chi connectivity index (χ0n) is 13.6. The topological polar surface area (TPSA) is 20.3 Å². The van der Waals surface area contributed by atoms with Crippen LogP contribution in [0.25, 0.3) is 0 Å². The van der Waals surface area contributed by atoms with E-state index in [1.54, 1.807) is 6.92 Å². The number of aryl methyl sites for hydroxylation is 1. The van der Waals surface area contributed by atoms with Crippen molar-refractivity contribution in [2.45, 2.75) is 77.2 Å². The first-order valence-electron chi connectivity index (χ1n) is 8.45. The van der Waals surface area contributed by atoms with Gasteiger partial charge < -0.3 is 4.90 Å². The Morgan fingerprint density at radius 1 is 1.19 bits per heavy atom. The molecule has 3 rings (SSSR count). The third kappa shape index (κ3) is 2.39. The number of carbonyl (C=O) groups excluding carboxylic acids is 1. The van der Waals surface area contributed by atoms with Crippen LogP contribution < -0.4 is 4.90 Å². The third-order valence-electron chi connectivity index (χ3n) is 5.53. The van der Waals surface area contributed by atoms with Gasteiger partial charge >= 0.3 is 0 Å². The fraction of sp³-hybridized carbons (Fsp3) is 0.632. The monoisotopic (exact) mass is 285 g/mol. The van der Waals surface area contributed by atoms with Gasteiger partial charge in [-0.3, -0.25) is 4.79 Å². The molecule has 2 nitrogen and oxygen atoms in total. The largest absolute Gasteiger partial charge is 0.306 e. The number of para-hydroxylation sites is 1. The molecule has 1 atom stereocenters. The summed E-state index contributed by atoms with van der Waals surface area (Å²) in [5, 5.41) is 0. The SMILES string of the molecule is CC(=O)N1c2c(C)cccc2C(C)CC12CCCCCC2. The summed E-state index contributed by atoms with van der Waals surface area (Å²) >= 11 is 0. The van der Waals surface area contributed by atoms with Crippen LogP contribution in [0.5, 0.6) is 0 Å². The smallest absolute Gasteiger partial charge is 0.224 e. The van der Waals surface area contributed by atoms with Crippen LogP contribution in [0.3, 0.4) is 0 Å². The Balaban J connectivity index is 2.15. The van der Waals surface area contributed by atoms with Crippen LogP contribution >= 0.6 is 0 Å². The van der Waals surface area contributed by atoms with E-state index in [1.165, 1.54) is 55.3 Å². The number of hydrogen-bond acceptors (Lipinski definition) is 1. The highest BCUT2D eigenvalue weighted by molar-refractivity contribution is 5.95. The highest BCUT2D eigenvalue weighted by Crippen LogP contribution is 2.50. The van der Waals surface area contributed by atoms with Crippen molar-refractivity contribution in [2.75, 3.05) is 4.90 Å². The Labute approximate surface area is 128 Å². The number of hydrogen-bond donors (Lipinski definition) is 0. The van der Waals surface area contributed by atoms with Crippen molar-refractivity contribution in [3.63, 3.8) is 0 Å². The maximum atomic E-state index is 12.5. The third-order valence-corrected chi connectivity index (χ3v) is 5.53. The molecule has 0 N–H and O–H groups in total. The van der Waals surface area contributed by atoms with E-state index >= 15 is 0 Å². The Hall–Kier alpha value is -1.31. The molecular formula is C19H27NO. The van der Waals surface area contributed by atoms with E-state index in [9.17, 15) is 4.79 Å². The summed E-state index contributed by atoms with van der Waals surface area (Å²) in [5.74, 6) is 0.771. The quantitative estimate of drug-likeness (QED) is 0.660. The number of benzene rings is 1.